The van der Waals surface area contributed by atoms with Crippen molar-refractivity contribution in [3.05, 3.63) is 12.2 Å². The second kappa shape index (κ2) is 1.83. The Bertz CT molecular complexity index is 156. The lowest BCUT2D eigenvalue weighted by Gasteiger charge is -2.35. The minimum absolute atomic E-state index is 0.300. The molecule has 0 N–H and O–H groups in total. The first-order valence-corrected chi connectivity index (χ1v) is 3.70. The molecule has 2 heteroatoms. The smallest absolute Gasteiger partial charge is 0.164 e. The predicted octanol–water partition coefficient (Wildman–Crippen LogP) is 1.47. The number of rotatable bonds is 0. The van der Waals surface area contributed by atoms with Crippen molar-refractivity contribution in [2.45, 2.75) is 38.3 Å². The zero-order valence-corrected chi connectivity index (χ0v) is 6.33. The predicted molar refractivity (Wildman–Crippen MR) is 37.6 cm³/mol. The number of ether oxygens (including phenoxy) is 2. The van der Waals surface area contributed by atoms with E-state index in [1.165, 1.54) is 0 Å². The summed E-state index contributed by atoms with van der Waals surface area (Å²) >= 11 is 0. The lowest BCUT2D eigenvalue weighted by Crippen LogP contribution is -2.40. The molecule has 1 heterocycles. The van der Waals surface area contributed by atoms with Gasteiger partial charge in [-0.3, -0.25) is 0 Å². The van der Waals surface area contributed by atoms with Gasteiger partial charge in [-0.1, -0.05) is 12.2 Å². The first kappa shape index (κ1) is 6.38. The molecule has 0 saturated carbocycles. The van der Waals surface area contributed by atoms with Gasteiger partial charge in [0.05, 0.1) is 12.2 Å². The van der Waals surface area contributed by atoms with Gasteiger partial charge in [-0.15, -0.1) is 0 Å². The highest BCUT2D eigenvalue weighted by Gasteiger charge is 2.36. The fourth-order valence-electron chi connectivity index (χ4n) is 1.57. The Kier molecular flexibility index (Phi) is 1.17. The van der Waals surface area contributed by atoms with E-state index in [4.69, 9.17) is 9.47 Å². The molecule has 0 aromatic heterocycles. The molecule has 0 radical (unpaired) electrons. The fourth-order valence-corrected chi connectivity index (χ4v) is 1.57. The van der Waals surface area contributed by atoms with Gasteiger partial charge in [-0.25, -0.2) is 0 Å². The van der Waals surface area contributed by atoms with Crippen molar-refractivity contribution in [2.75, 3.05) is 0 Å². The average Bonchev–Trinajstić information content (AvgIpc) is 2.08. The van der Waals surface area contributed by atoms with E-state index in [1.807, 2.05) is 13.8 Å². The minimum Gasteiger partial charge on any atom is -0.343 e. The van der Waals surface area contributed by atoms with Crippen LogP contribution in [0, 0.1) is 0 Å². The highest BCUT2D eigenvalue weighted by Crippen LogP contribution is 2.31. The summed E-state index contributed by atoms with van der Waals surface area (Å²) in [5.41, 5.74) is 0. The van der Waals surface area contributed by atoms with Gasteiger partial charge < -0.3 is 9.47 Å². The SMILES string of the molecule is CC1(C)OC2C=CC(C2)O1. The van der Waals surface area contributed by atoms with Crippen LogP contribution in [0.25, 0.3) is 0 Å². The zero-order chi connectivity index (χ0) is 7.19. The van der Waals surface area contributed by atoms with E-state index in [9.17, 15) is 0 Å². The summed E-state index contributed by atoms with van der Waals surface area (Å²) in [6, 6.07) is 0. The number of hydrogen-bond donors (Lipinski definition) is 0. The topological polar surface area (TPSA) is 18.5 Å². The summed E-state index contributed by atoms with van der Waals surface area (Å²) in [5.74, 6) is -0.378. The Morgan fingerprint density at radius 1 is 1.20 bits per heavy atom. The van der Waals surface area contributed by atoms with Crippen LogP contribution in [0.5, 0.6) is 0 Å². The van der Waals surface area contributed by atoms with Crippen molar-refractivity contribution in [1.82, 2.24) is 0 Å². The summed E-state index contributed by atoms with van der Waals surface area (Å²) in [6.45, 7) is 3.92. The summed E-state index contributed by atoms with van der Waals surface area (Å²) in [6.07, 6.45) is 5.77. The second-order valence-corrected chi connectivity index (χ2v) is 3.33. The normalized spacial score (nSPS) is 42.2. The maximum atomic E-state index is 5.56. The van der Waals surface area contributed by atoms with Crippen LogP contribution in [-0.2, 0) is 9.47 Å². The van der Waals surface area contributed by atoms with E-state index in [1.54, 1.807) is 0 Å². The van der Waals surface area contributed by atoms with Crippen LogP contribution in [0.4, 0.5) is 0 Å². The molecule has 1 aliphatic heterocycles. The van der Waals surface area contributed by atoms with E-state index < -0.39 is 0 Å². The van der Waals surface area contributed by atoms with E-state index in [2.05, 4.69) is 12.2 Å². The fraction of sp³-hybridized carbons (Fsp3) is 0.750. The first-order valence-electron chi connectivity index (χ1n) is 3.70. The van der Waals surface area contributed by atoms with Gasteiger partial charge in [-0.2, -0.15) is 0 Å². The van der Waals surface area contributed by atoms with Crippen LogP contribution in [0.2, 0.25) is 0 Å². The Labute approximate surface area is 60.8 Å². The Morgan fingerprint density at radius 2 is 1.70 bits per heavy atom. The number of fused-ring (bicyclic) bond motifs is 2. The van der Waals surface area contributed by atoms with Crippen molar-refractivity contribution in [3.63, 3.8) is 0 Å². The monoisotopic (exact) mass is 140 g/mol. The van der Waals surface area contributed by atoms with Gasteiger partial charge in [0.2, 0.25) is 0 Å². The van der Waals surface area contributed by atoms with Crippen molar-refractivity contribution >= 4 is 0 Å². The van der Waals surface area contributed by atoms with E-state index in [0.29, 0.717) is 12.2 Å². The zero-order valence-electron chi connectivity index (χ0n) is 6.33. The van der Waals surface area contributed by atoms with Crippen LogP contribution in [-0.4, -0.2) is 18.0 Å². The molecule has 2 nitrogen and oxygen atoms in total. The van der Waals surface area contributed by atoms with Crippen molar-refractivity contribution in [1.29, 1.82) is 0 Å². The van der Waals surface area contributed by atoms with E-state index in [-0.39, 0.29) is 5.79 Å². The molecule has 10 heavy (non-hydrogen) atoms. The molecule has 56 valence electrons. The molecule has 2 atom stereocenters. The molecule has 0 aromatic carbocycles. The molecule has 0 aromatic rings. The molecular formula is C8H12O2. The van der Waals surface area contributed by atoms with Gasteiger partial charge in [0.15, 0.2) is 5.79 Å². The quantitative estimate of drug-likeness (QED) is 0.474. The van der Waals surface area contributed by atoms with Crippen LogP contribution in [0.1, 0.15) is 20.3 Å². The molecule has 2 bridgehead atoms. The molecule has 1 fully saturated rings. The van der Waals surface area contributed by atoms with Gasteiger partial charge in [0.1, 0.15) is 0 Å². The molecular weight excluding hydrogens is 128 g/mol. The van der Waals surface area contributed by atoms with Crippen molar-refractivity contribution in [2.24, 2.45) is 0 Å². The Hall–Kier alpha value is -0.340. The molecule has 0 amide bonds. The molecule has 2 unspecified atom stereocenters. The average molecular weight is 140 g/mol. The third-order valence-electron chi connectivity index (χ3n) is 1.88. The Morgan fingerprint density at radius 3 is 2.20 bits per heavy atom. The van der Waals surface area contributed by atoms with Crippen LogP contribution < -0.4 is 0 Å². The second-order valence-electron chi connectivity index (χ2n) is 3.33. The van der Waals surface area contributed by atoms with Crippen molar-refractivity contribution in [3.8, 4) is 0 Å². The lowest BCUT2D eigenvalue weighted by molar-refractivity contribution is -0.273. The molecule has 0 spiro atoms. The van der Waals surface area contributed by atoms with Gasteiger partial charge >= 0.3 is 0 Å². The highest BCUT2D eigenvalue weighted by atomic mass is 16.7. The van der Waals surface area contributed by atoms with E-state index >= 15 is 0 Å². The first-order chi connectivity index (χ1) is 4.66. The van der Waals surface area contributed by atoms with Gasteiger partial charge in [0, 0.05) is 6.42 Å². The Balaban J connectivity index is 2.15. The summed E-state index contributed by atoms with van der Waals surface area (Å²) in [7, 11) is 0. The van der Waals surface area contributed by atoms with E-state index in [0.717, 1.165) is 6.42 Å². The van der Waals surface area contributed by atoms with Crippen LogP contribution in [0.15, 0.2) is 12.2 Å². The summed E-state index contributed by atoms with van der Waals surface area (Å²) in [5, 5.41) is 0. The number of hydrogen-bond acceptors (Lipinski definition) is 2. The molecule has 1 aliphatic carbocycles. The molecule has 2 rings (SSSR count). The third kappa shape index (κ3) is 0.976. The largest absolute Gasteiger partial charge is 0.343 e. The van der Waals surface area contributed by atoms with Crippen LogP contribution >= 0.6 is 0 Å². The standard InChI is InChI=1S/C8H12O2/c1-8(2)9-6-3-4-7(5-6)10-8/h3-4,6-7H,5H2,1-2H3. The highest BCUT2D eigenvalue weighted by molar-refractivity contribution is 5.07. The maximum absolute atomic E-state index is 5.56. The lowest BCUT2D eigenvalue weighted by atomic mass is 10.2. The summed E-state index contributed by atoms with van der Waals surface area (Å²) < 4.78 is 11.1. The minimum atomic E-state index is -0.378. The maximum Gasteiger partial charge on any atom is 0.164 e. The molecule has 2 aliphatic rings. The van der Waals surface area contributed by atoms with Gasteiger partial charge in [-0.05, 0) is 13.8 Å². The third-order valence-corrected chi connectivity index (χ3v) is 1.88. The van der Waals surface area contributed by atoms with Crippen molar-refractivity contribution < 1.29 is 9.47 Å². The van der Waals surface area contributed by atoms with Gasteiger partial charge in [0.25, 0.3) is 0 Å². The van der Waals surface area contributed by atoms with Crippen LogP contribution in [0.3, 0.4) is 0 Å². The summed E-state index contributed by atoms with van der Waals surface area (Å²) in [4.78, 5) is 0. The molecule has 1 saturated heterocycles.